The fourth-order valence-corrected chi connectivity index (χ4v) is 2.74. The van der Waals surface area contributed by atoms with Crippen molar-refractivity contribution in [2.24, 2.45) is 0 Å². The highest BCUT2D eigenvalue weighted by Gasteiger charge is 2.33. The van der Waals surface area contributed by atoms with Crippen molar-refractivity contribution in [3.63, 3.8) is 0 Å². The lowest BCUT2D eigenvalue weighted by atomic mass is 10.2. The van der Waals surface area contributed by atoms with Crippen molar-refractivity contribution >= 4 is 38.7 Å². The molecular formula is C12H11BrN2O3. The smallest absolute Gasteiger partial charge is 0.326 e. The first-order valence-electron chi connectivity index (χ1n) is 5.71. The van der Waals surface area contributed by atoms with Crippen LogP contribution in [0.25, 0.3) is 11.0 Å². The van der Waals surface area contributed by atoms with Crippen LogP contribution in [-0.2, 0) is 4.79 Å². The summed E-state index contributed by atoms with van der Waals surface area (Å²) in [5.41, 5.74) is 0.671. The minimum Gasteiger partial charge on any atom is -0.480 e. The van der Waals surface area contributed by atoms with Gasteiger partial charge in [0.25, 0.3) is 0 Å². The maximum atomic E-state index is 11.2. The molecule has 2 heterocycles. The number of aromatic nitrogens is 1. The molecule has 0 aliphatic carbocycles. The lowest BCUT2D eigenvalue weighted by Crippen LogP contribution is -2.36. The molecule has 0 radical (unpaired) electrons. The fourth-order valence-electron chi connectivity index (χ4n) is 2.38. The maximum Gasteiger partial charge on any atom is 0.326 e. The van der Waals surface area contributed by atoms with E-state index >= 15 is 0 Å². The number of hydrogen-bond acceptors (Lipinski definition) is 4. The Hall–Kier alpha value is -1.56. The number of nitrogens with zero attached hydrogens (tertiary/aromatic N) is 2. The molecular weight excluding hydrogens is 300 g/mol. The van der Waals surface area contributed by atoms with Crippen molar-refractivity contribution in [3.8, 4) is 0 Å². The first-order chi connectivity index (χ1) is 8.66. The second kappa shape index (κ2) is 4.28. The van der Waals surface area contributed by atoms with E-state index in [4.69, 9.17) is 4.52 Å². The normalized spacial score (nSPS) is 19.6. The van der Waals surface area contributed by atoms with Gasteiger partial charge in [0.05, 0.1) is 5.39 Å². The topological polar surface area (TPSA) is 66.6 Å². The van der Waals surface area contributed by atoms with E-state index in [-0.39, 0.29) is 0 Å². The Labute approximate surface area is 111 Å². The summed E-state index contributed by atoms with van der Waals surface area (Å²) in [6, 6.07) is 5.09. The van der Waals surface area contributed by atoms with Gasteiger partial charge in [-0.05, 0) is 31.0 Å². The summed E-state index contributed by atoms with van der Waals surface area (Å²) in [5.74, 6) is -0.185. The molecule has 0 saturated carbocycles. The van der Waals surface area contributed by atoms with Crippen LogP contribution < -0.4 is 4.90 Å². The molecule has 3 rings (SSSR count). The highest BCUT2D eigenvalue weighted by atomic mass is 79.9. The van der Waals surface area contributed by atoms with Crippen molar-refractivity contribution in [1.82, 2.24) is 5.16 Å². The van der Waals surface area contributed by atoms with Crippen molar-refractivity contribution in [3.05, 3.63) is 22.7 Å². The number of hydrogen-bond donors (Lipinski definition) is 1. The Bertz CT molecular complexity index is 610. The molecule has 1 aliphatic rings. The van der Waals surface area contributed by atoms with E-state index in [0.717, 1.165) is 16.3 Å². The molecule has 1 aromatic carbocycles. The summed E-state index contributed by atoms with van der Waals surface area (Å²) in [6.45, 7) is 0.700. The van der Waals surface area contributed by atoms with E-state index in [1.807, 2.05) is 18.2 Å². The van der Waals surface area contributed by atoms with Gasteiger partial charge in [-0.2, -0.15) is 0 Å². The number of rotatable bonds is 2. The van der Waals surface area contributed by atoms with E-state index in [0.29, 0.717) is 24.4 Å². The highest BCUT2D eigenvalue weighted by molar-refractivity contribution is 9.10. The molecule has 94 valence electrons. The molecule has 6 heteroatoms. The van der Waals surface area contributed by atoms with Crippen LogP contribution in [0.4, 0.5) is 5.82 Å². The number of carboxylic acids is 1. The molecule has 1 N–H and O–H groups in total. The van der Waals surface area contributed by atoms with Crippen molar-refractivity contribution in [1.29, 1.82) is 0 Å². The molecule has 0 amide bonds. The third-order valence-electron chi connectivity index (χ3n) is 3.22. The largest absolute Gasteiger partial charge is 0.480 e. The second-order valence-corrected chi connectivity index (χ2v) is 5.25. The van der Waals surface area contributed by atoms with Crippen molar-refractivity contribution in [2.75, 3.05) is 11.4 Å². The number of benzene rings is 1. The molecule has 5 nitrogen and oxygen atoms in total. The fraction of sp³-hybridized carbons (Fsp3) is 0.333. The predicted octanol–water partition coefficient (Wildman–Crippen LogP) is 2.64. The zero-order valence-electron chi connectivity index (χ0n) is 9.47. The van der Waals surface area contributed by atoms with Crippen molar-refractivity contribution in [2.45, 2.75) is 18.9 Å². The van der Waals surface area contributed by atoms with Crippen LogP contribution in [0.15, 0.2) is 27.2 Å². The highest BCUT2D eigenvalue weighted by Crippen LogP contribution is 2.33. The van der Waals surface area contributed by atoms with Gasteiger partial charge < -0.3 is 14.5 Å². The zero-order chi connectivity index (χ0) is 12.7. The Balaban J connectivity index is 2.08. The molecule has 0 unspecified atom stereocenters. The maximum absolute atomic E-state index is 11.2. The number of fused-ring (bicyclic) bond motifs is 1. The number of aliphatic carboxylic acids is 1. The van der Waals surface area contributed by atoms with Gasteiger partial charge in [0.15, 0.2) is 11.4 Å². The van der Waals surface area contributed by atoms with Crippen LogP contribution >= 0.6 is 15.9 Å². The van der Waals surface area contributed by atoms with Crippen molar-refractivity contribution < 1.29 is 14.4 Å². The zero-order valence-corrected chi connectivity index (χ0v) is 11.1. The number of halogens is 1. The lowest BCUT2D eigenvalue weighted by Gasteiger charge is -2.20. The van der Waals surface area contributed by atoms with Gasteiger partial charge in [-0.15, -0.1) is 0 Å². The molecule has 18 heavy (non-hydrogen) atoms. The van der Waals surface area contributed by atoms with Gasteiger partial charge in [-0.25, -0.2) is 4.79 Å². The molecule has 0 spiro atoms. The quantitative estimate of drug-likeness (QED) is 0.923. The van der Waals surface area contributed by atoms with E-state index in [1.165, 1.54) is 0 Å². The molecule has 2 aromatic rings. The Morgan fingerprint density at radius 3 is 3.17 bits per heavy atom. The number of anilines is 1. The Morgan fingerprint density at radius 2 is 2.39 bits per heavy atom. The minimum atomic E-state index is -0.807. The summed E-state index contributed by atoms with van der Waals surface area (Å²) in [7, 11) is 0. The van der Waals surface area contributed by atoms with Gasteiger partial charge in [0.1, 0.15) is 6.04 Å². The summed E-state index contributed by atoms with van der Waals surface area (Å²) in [4.78, 5) is 13.0. The average Bonchev–Trinajstić information content (AvgIpc) is 2.92. The minimum absolute atomic E-state index is 0.503. The third-order valence-corrected chi connectivity index (χ3v) is 3.72. The summed E-state index contributed by atoms with van der Waals surface area (Å²) >= 11 is 3.40. The molecule has 1 atom stereocenters. The lowest BCUT2D eigenvalue weighted by molar-refractivity contribution is -0.138. The summed E-state index contributed by atoms with van der Waals surface area (Å²) < 4.78 is 6.16. The predicted molar refractivity (Wildman–Crippen MR) is 69.7 cm³/mol. The first kappa shape index (κ1) is 11.5. The van der Waals surface area contributed by atoms with Crippen LogP contribution in [0, 0.1) is 0 Å². The standard InChI is InChI=1S/C12H11BrN2O3/c13-7-3-4-10-8(6-7)11(14-18-10)15-5-1-2-9(15)12(16)17/h3-4,6,9H,1-2,5H2,(H,16,17)/t9-/m0/s1. The first-order valence-corrected chi connectivity index (χ1v) is 6.50. The van der Waals surface area contributed by atoms with Crippen LogP contribution in [0.2, 0.25) is 0 Å². The van der Waals surface area contributed by atoms with E-state index in [9.17, 15) is 9.90 Å². The SMILES string of the molecule is O=C(O)[C@@H]1CCCN1c1noc2ccc(Br)cc12. The Morgan fingerprint density at radius 1 is 1.56 bits per heavy atom. The monoisotopic (exact) mass is 310 g/mol. The van der Waals surface area contributed by atoms with Crippen LogP contribution in [-0.4, -0.2) is 28.8 Å². The average molecular weight is 311 g/mol. The third kappa shape index (κ3) is 1.77. The molecule has 0 bridgehead atoms. The summed E-state index contributed by atoms with van der Waals surface area (Å²) in [5, 5.41) is 14.1. The molecule has 1 saturated heterocycles. The van der Waals surface area contributed by atoms with Gasteiger partial charge in [-0.1, -0.05) is 21.1 Å². The van der Waals surface area contributed by atoms with E-state index in [1.54, 1.807) is 4.90 Å². The Kier molecular flexibility index (Phi) is 2.74. The van der Waals surface area contributed by atoms with Gasteiger partial charge in [-0.3, -0.25) is 0 Å². The van der Waals surface area contributed by atoms with Gasteiger partial charge in [0, 0.05) is 11.0 Å². The van der Waals surface area contributed by atoms with E-state index < -0.39 is 12.0 Å². The van der Waals surface area contributed by atoms with Crippen LogP contribution in [0.5, 0.6) is 0 Å². The molecule has 1 aliphatic heterocycles. The second-order valence-electron chi connectivity index (χ2n) is 4.34. The van der Waals surface area contributed by atoms with Crippen LogP contribution in [0.3, 0.4) is 0 Å². The number of carbonyl (C=O) groups is 1. The summed E-state index contributed by atoms with van der Waals surface area (Å²) in [6.07, 6.45) is 1.51. The van der Waals surface area contributed by atoms with E-state index in [2.05, 4.69) is 21.1 Å². The molecule has 1 aromatic heterocycles. The van der Waals surface area contributed by atoms with Gasteiger partial charge >= 0.3 is 5.97 Å². The number of carboxylic acid groups (broad SMARTS) is 1. The molecule has 1 fully saturated rings. The van der Waals surface area contributed by atoms with Crippen LogP contribution in [0.1, 0.15) is 12.8 Å². The van der Waals surface area contributed by atoms with Gasteiger partial charge in [0.2, 0.25) is 0 Å².